The highest BCUT2D eigenvalue weighted by molar-refractivity contribution is 7.89. The van der Waals surface area contributed by atoms with Crippen molar-refractivity contribution in [2.75, 3.05) is 38.1 Å². The molecule has 1 heterocycles. The molecule has 1 aliphatic carbocycles. The van der Waals surface area contributed by atoms with Crippen LogP contribution in [-0.2, 0) is 10.0 Å². The van der Waals surface area contributed by atoms with Crippen LogP contribution in [0.25, 0.3) is 10.2 Å². The van der Waals surface area contributed by atoms with E-state index in [1.54, 1.807) is 36.2 Å². The first-order valence-electron chi connectivity index (χ1n) is 12.8. The topological polar surface area (TPSA) is 73.8 Å². The monoisotopic (exact) mass is 528 g/mol. The molecule has 0 N–H and O–H groups in total. The van der Waals surface area contributed by atoms with Crippen molar-refractivity contribution in [1.29, 1.82) is 0 Å². The van der Waals surface area contributed by atoms with Gasteiger partial charge in [0.05, 0.1) is 15.1 Å². The van der Waals surface area contributed by atoms with Crippen molar-refractivity contribution >= 4 is 42.6 Å². The number of para-hydroxylation sites is 1. The van der Waals surface area contributed by atoms with E-state index in [-0.39, 0.29) is 16.8 Å². The fourth-order valence-electron chi connectivity index (χ4n) is 4.77. The molecule has 7 nitrogen and oxygen atoms in total. The Bertz CT molecular complexity index is 1230. The van der Waals surface area contributed by atoms with Crippen molar-refractivity contribution in [3.63, 3.8) is 0 Å². The number of likely N-dealkylation sites (N-methyl/N-ethyl adjacent to an activating group) is 1. The molecule has 1 aliphatic rings. The summed E-state index contributed by atoms with van der Waals surface area (Å²) in [4.78, 5) is 22.6. The fourth-order valence-corrected chi connectivity index (χ4v) is 7.18. The number of amides is 1. The summed E-state index contributed by atoms with van der Waals surface area (Å²) in [5.74, 6) is -0.175. The van der Waals surface area contributed by atoms with Gasteiger partial charge in [-0.15, -0.1) is 0 Å². The number of carbonyl (C=O) groups excluding carboxylic acids is 1. The first-order valence-corrected chi connectivity index (χ1v) is 15.1. The van der Waals surface area contributed by atoms with Gasteiger partial charge in [-0.1, -0.05) is 56.6 Å². The van der Waals surface area contributed by atoms with E-state index in [0.29, 0.717) is 17.2 Å². The van der Waals surface area contributed by atoms with Crippen LogP contribution in [0.15, 0.2) is 53.4 Å². The number of hydrogen-bond acceptors (Lipinski definition) is 6. The molecule has 0 bridgehead atoms. The van der Waals surface area contributed by atoms with E-state index in [1.165, 1.54) is 22.1 Å². The van der Waals surface area contributed by atoms with Gasteiger partial charge in [0, 0.05) is 31.7 Å². The van der Waals surface area contributed by atoms with E-state index in [1.807, 2.05) is 24.3 Å². The lowest BCUT2D eigenvalue weighted by molar-refractivity contribution is 0.0983. The summed E-state index contributed by atoms with van der Waals surface area (Å²) in [6.45, 7) is 7.25. The summed E-state index contributed by atoms with van der Waals surface area (Å²) < 4.78 is 29.0. The van der Waals surface area contributed by atoms with Crippen LogP contribution >= 0.6 is 11.3 Å². The molecular formula is C27H36N4O3S2. The van der Waals surface area contributed by atoms with Crippen LogP contribution in [0.5, 0.6) is 0 Å². The third kappa shape index (κ3) is 5.80. The lowest BCUT2D eigenvalue weighted by Crippen LogP contribution is -2.39. The lowest BCUT2D eigenvalue weighted by atomic mass is 9.96. The normalized spacial score (nSPS) is 15.1. The van der Waals surface area contributed by atoms with Crippen molar-refractivity contribution in [3.05, 3.63) is 54.1 Å². The smallest absolute Gasteiger partial charge is 0.260 e. The lowest BCUT2D eigenvalue weighted by Gasteiger charge is -2.30. The molecule has 0 unspecified atom stereocenters. The second kappa shape index (κ2) is 11.8. The zero-order chi connectivity index (χ0) is 25.7. The molecule has 194 valence electrons. The standard InChI is InChI=1S/C27H36N4O3S2/c1-4-30(5-2)19-20-31(27-28-24-13-9-10-14-25(24)35-27)26(32)21-15-17-23(18-16-21)36(33,34)29(3)22-11-7-6-8-12-22/h9-10,13-18,22H,4-8,11-12,19-20H2,1-3H3. The van der Waals surface area contributed by atoms with Crippen LogP contribution in [0.2, 0.25) is 0 Å². The van der Waals surface area contributed by atoms with Gasteiger partial charge in [0.2, 0.25) is 10.0 Å². The summed E-state index contributed by atoms with van der Waals surface area (Å²) >= 11 is 1.50. The first-order chi connectivity index (χ1) is 17.3. The number of benzene rings is 2. The second-order valence-electron chi connectivity index (χ2n) is 9.29. The molecule has 0 spiro atoms. The minimum Gasteiger partial charge on any atom is -0.302 e. The van der Waals surface area contributed by atoms with Gasteiger partial charge in [-0.3, -0.25) is 9.69 Å². The maximum absolute atomic E-state index is 13.7. The molecule has 9 heteroatoms. The van der Waals surface area contributed by atoms with Gasteiger partial charge in [0.1, 0.15) is 0 Å². The van der Waals surface area contributed by atoms with Crippen LogP contribution in [-0.4, -0.2) is 67.8 Å². The summed E-state index contributed by atoms with van der Waals surface area (Å²) in [6, 6.07) is 14.3. The third-order valence-corrected chi connectivity index (χ3v) is 10.1. The fraction of sp³-hybridized carbons (Fsp3) is 0.481. The third-order valence-electron chi connectivity index (χ3n) is 7.16. The Kier molecular flexibility index (Phi) is 8.77. The quantitative estimate of drug-likeness (QED) is 0.360. The van der Waals surface area contributed by atoms with Gasteiger partial charge in [-0.2, -0.15) is 4.31 Å². The first kappa shape index (κ1) is 26.7. The van der Waals surface area contributed by atoms with Crippen molar-refractivity contribution in [1.82, 2.24) is 14.2 Å². The predicted molar refractivity (Wildman–Crippen MR) is 147 cm³/mol. The molecule has 1 amide bonds. The molecule has 1 saturated carbocycles. The van der Waals surface area contributed by atoms with Gasteiger partial charge in [0.25, 0.3) is 5.91 Å². The number of aromatic nitrogens is 1. The summed E-state index contributed by atoms with van der Waals surface area (Å²) in [5.41, 5.74) is 1.32. The minimum atomic E-state index is -3.61. The van der Waals surface area contributed by atoms with E-state index in [4.69, 9.17) is 4.98 Å². The van der Waals surface area contributed by atoms with E-state index >= 15 is 0 Å². The zero-order valence-corrected chi connectivity index (χ0v) is 23.0. The summed E-state index contributed by atoms with van der Waals surface area (Å²) in [7, 11) is -1.93. The molecule has 0 radical (unpaired) electrons. The van der Waals surface area contributed by atoms with Crippen LogP contribution in [0, 0.1) is 0 Å². The SMILES string of the molecule is CCN(CC)CCN(C(=O)c1ccc(S(=O)(=O)N(C)C2CCCCC2)cc1)c1nc2ccccc2s1. The molecular weight excluding hydrogens is 492 g/mol. The summed E-state index contributed by atoms with van der Waals surface area (Å²) in [6.07, 6.45) is 5.09. The van der Waals surface area contributed by atoms with Gasteiger partial charge in [0.15, 0.2) is 5.13 Å². The predicted octanol–water partition coefficient (Wildman–Crippen LogP) is 5.24. The number of hydrogen-bond donors (Lipinski definition) is 0. The number of fused-ring (bicyclic) bond motifs is 1. The maximum Gasteiger partial charge on any atom is 0.260 e. The molecule has 0 saturated heterocycles. The van der Waals surface area contributed by atoms with E-state index < -0.39 is 10.0 Å². The van der Waals surface area contributed by atoms with Crippen molar-refractivity contribution in [2.45, 2.75) is 56.9 Å². The van der Waals surface area contributed by atoms with Crippen molar-refractivity contribution < 1.29 is 13.2 Å². The Morgan fingerprint density at radius 1 is 0.972 bits per heavy atom. The number of nitrogens with zero attached hydrogens (tertiary/aromatic N) is 4. The van der Waals surface area contributed by atoms with Gasteiger partial charge < -0.3 is 4.90 Å². The Morgan fingerprint density at radius 2 is 1.64 bits per heavy atom. The molecule has 2 aromatic carbocycles. The van der Waals surface area contributed by atoms with Crippen LogP contribution in [0.4, 0.5) is 5.13 Å². The average molecular weight is 529 g/mol. The van der Waals surface area contributed by atoms with E-state index in [0.717, 1.165) is 55.5 Å². The molecule has 36 heavy (non-hydrogen) atoms. The number of anilines is 1. The molecule has 1 aromatic heterocycles. The highest BCUT2D eigenvalue weighted by atomic mass is 32.2. The van der Waals surface area contributed by atoms with Crippen LogP contribution in [0.1, 0.15) is 56.3 Å². The average Bonchev–Trinajstić information content (AvgIpc) is 3.35. The maximum atomic E-state index is 13.7. The Labute approximate surface area is 218 Å². The number of rotatable bonds is 10. The van der Waals surface area contributed by atoms with E-state index in [2.05, 4.69) is 18.7 Å². The Balaban J connectivity index is 1.58. The minimum absolute atomic E-state index is 0.0414. The van der Waals surface area contributed by atoms with Crippen molar-refractivity contribution in [3.8, 4) is 0 Å². The van der Waals surface area contributed by atoms with Gasteiger partial charge in [-0.05, 0) is 62.3 Å². The van der Waals surface area contributed by atoms with E-state index in [9.17, 15) is 13.2 Å². The van der Waals surface area contributed by atoms with Crippen molar-refractivity contribution in [2.24, 2.45) is 0 Å². The van der Waals surface area contributed by atoms with Crippen LogP contribution < -0.4 is 4.90 Å². The zero-order valence-electron chi connectivity index (χ0n) is 21.4. The van der Waals surface area contributed by atoms with Gasteiger partial charge >= 0.3 is 0 Å². The highest BCUT2D eigenvalue weighted by Gasteiger charge is 2.29. The number of carbonyl (C=O) groups is 1. The highest BCUT2D eigenvalue weighted by Crippen LogP contribution is 2.30. The number of sulfonamides is 1. The molecule has 0 aliphatic heterocycles. The van der Waals surface area contributed by atoms with Gasteiger partial charge in [-0.25, -0.2) is 13.4 Å². The molecule has 1 fully saturated rings. The molecule has 3 aromatic rings. The molecule has 4 rings (SSSR count). The summed E-state index contributed by atoms with van der Waals surface area (Å²) in [5, 5.41) is 0.655. The Morgan fingerprint density at radius 3 is 2.28 bits per heavy atom. The largest absolute Gasteiger partial charge is 0.302 e. The Hall–Kier alpha value is -2.33. The number of thiazole rings is 1. The molecule has 0 atom stereocenters. The second-order valence-corrected chi connectivity index (χ2v) is 12.3. The van der Waals surface area contributed by atoms with Crippen LogP contribution in [0.3, 0.4) is 0 Å².